The van der Waals surface area contributed by atoms with E-state index in [1.165, 1.54) is 11.1 Å². The van der Waals surface area contributed by atoms with Crippen LogP contribution in [0, 0.1) is 0 Å². The molecule has 4 rings (SSSR count). The molecule has 1 N–H and O–H groups in total. The van der Waals surface area contributed by atoms with Gasteiger partial charge in [0.25, 0.3) is 5.91 Å². The largest absolute Gasteiger partial charge is 0.494 e. The van der Waals surface area contributed by atoms with Gasteiger partial charge in [-0.15, -0.1) is 0 Å². The lowest BCUT2D eigenvalue weighted by molar-refractivity contribution is -0.136. The summed E-state index contributed by atoms with van der Waals surface area (Å²) in [6.07, 6.45) is 2.10. The van der Waals surface area contributed by atoms with Gasteiger partial charge in [0.2, 0.25) is 11.8 Å². The molecular formula is C19H16ClN3O4. The van der Waals surface area contributed by atoms with Crippen molar-refractivity contribution < 1.29 is 19.1 Å². The Kier molecular flexibility index (Phi) is 4.31. The highest BCUT2D eigenvalue weighted by Crippen LogP contribution is 2.34. The first-order chi connectivity index (χ1) is 13.0. The maximum Gasteiger partial charge on any atom is 0.255 e. The maximum absolute atomic E-state index is 12.7. The van der Waals surface area contributed by atoms with Crippen molar-refractivity contribution in [1.29, 1.82) is 0 Å². The van der Waals surface area contributed by atoms with Crippen LogP contribution in [0.4, 0.5) is 0 Å². The van der Waals surface area contributed by atoms with E-state index in [9.17, 15) is 14.4 Å². The topological polar surface area (TPSA) is 88.6 Å². The van der Waals surface area contributed by atoms with Crippen LogP contribution in [-0.4, -0.2) is 40.8 Å². The Morgan fingerprint density at radius 1 is 1.26 bits per heavy atom. The molecule has 7 nitrogen and oxygen atoms in total. The van der Waals surface area contributed by atoms with Crippen molar-refractivity contribution in [3.05, 3.63) is 46.6 Å². The Labute approximate surface area is 160 Å². The van der Waals surface area contributed by atoms with Gasteiger partial charge in [-0.3, -0.25) is 24.7 Å². The number of nitrogens with one attached hydrogen (secondary N) is 1. The molecule has 2 aliphatic heterocycles. The lowest BCUT2D eigenvalue weighted by Gasteiger charge is -2.29. The van der Waals surface area contributed by atoms with E-state index in [2.05, 4.69) is 10.3 Å². The van der Waals surface area contributed by atoms with Gasteiger partial charge in [-0.2, -0.15) is 0 Å². The van der Waals surface area contributed by atoms with Crippen LogP contribution in [0.25, 0.3) is 11.3 Å². The standard InChI is InChI=1S/C19H16ClN3O4/c1-27-15-7-12(20)8-21-17(15)10-2-3-13-11(6-10)9-23(19(13)26)14-4-5-16(24)22-18(14)25/h2-3,6-8,14H,4-5,9H2,1H3,(H,22,24,25). The number of hydrogen-bond donors (Lipinski definition) is 1. The fourth-order valence-corrected chi connectivity index (χ4v) is 3.66. The second-order valence-electron chi connectivity index (χ2n) is 6.48. The van der Waals surface area contributed by atoms with Crippen LogP contribution in [0.1, 0.15) is 28.8 Å². The van der Waals surface area contributed by atoms with Crippen molar-refractivity contribution in [3.8, 4) is 17.0 Å². The lowest BCUT2D eigenvalue weighted by Crippen LogP contribution is -2.52. The molecule has 1 fully saturated rings. The van der Waals surface area contributed by atoms with E-state index in [1.54, 1.807) is 25.3 Å². The molecular weight excluding hydrogens is 370 g/mol. The van der Waals surface area contributed by atoms with Crippen molar-refractivity contribution in [2.45, 2.75) is 25.4 Å². The Bertz CT molecular complexity index is 975. The molecule has 0 bridgehead atoms. The van der Waals surface area contributed by atoms with Gasteiger partial charge < -0.3 is 9.64 Å². The highest BCUT2D eigenvalue weighted by molar-refractivity contribution is 6.30. The quantitative estimate of drug-likeness (QED) is 0.818. The molecule has 0 radical (unpaired) electrons. The van der Waals surface area contributed by atoms with Gasteiger partial charge in [-0.1, -0.05) is 17.7 Å². The molecule has 2 aliphatic rings. The molecule has 1 saturated heterocycles. The van der Waals surface area contributed by atoms with E-state index in [4.69, 9.17) is 16.3 Å². The lowest BCUT2D eigenvalue weighted by atomic mass is 10.0. The first-order valence-electron chi connectivity index (χ1n) is 8.45. The Hall–Kier alpha value is -2.93. The Balaban J connectivity index is 1.65. The summed E-state index contributed by atoms with van der Waals surface area (Å²) in [5.41, 5.74) is 2.77. The molecule has 0 aliphatic carbocycles. The highest BCUT2D eigenvalue weighted by Gasteiger charge is 2.39. The van der Waals surface area contributed by atoms with Crippen LogP contribution in [0.3, 0.4) is 0 Å². The van der Waals surface area contributed by atoms with Crippen molar-refractivity contribution in [3.63, 3.8) is 0 Å². The van der Waals surface area contributed by atoms with Crippen LogP contribution >= 0.6 is 11.6 Å². The molecule has 3 amide bonds. The fraction of sp³-hybridized carbons (Fsp3) is 0.263. The number of ether oxygens (including phenoxy) is 1. The minimum atomic E-state index is -0.630. The number of carbonyl (C=O) groups is 3. The van der Waals surface area contributed by atoms with E-state index in [0.29, 0.717) is 35.0 Å². The minimum absolute atomic E-state index is 0.206. The summed E-state index contributed by atoms with van der Waals surface area (Å²) in [5.74, 6) is -0.395. The van der Waals surface area contributed by atoms with Gasteiger partial charge in [0.1, 0.15) is 17.5 Å². The summed E-state index contributed by atoms with van der Waals surface area (Å²) in [6, 6.07) is 6.45. The number of rotatable bonds is 3. The summed E-state index contributed by atoms with van der Waals surface area (Å²) in [6.45, 7) is 0.310. The van der Waals surface area contributed by atoms with Crippen LogP contribution in [0.15, 0.2) is 30.5 Å². The number of halogens is 1. The van der Waals surface area contributed by atoms with Crippen LogP contribution in [0.5, 0.6) is 5.75 Å². The van der Waals surface area contributed by atoms with Crippen LogP contribution in [0.2, 0.25) is 5.02 Å². The zero-order valence-corrected chi connectivity index (χ0v) is 15.2. The first kappa shape index (κ1) is 17.5. The zero-order chi connectivity index (χ0) is 19.1. The van der Waals surface area contributed by atoms with E-state index in [-0.39, 0.29) is 18.2 Å². The summed E-state index contributed by atoms with van der Waals surface area (Å²) in [7, 11) is 1.54. The van der Waals surface area contributed by atoms with E-state index in [1.807, 2.05) is 6.07 Å². The highest BCUT2D eigenvalue weighted by atomic mass is 35.5. The molecule has 1 unspecified atom stereocenters. The zero-order valence-electron chi connectivity index (χ0n) is 14.5. The van der Waals surface area contributed by atoms with E-state index >= 15 is 0 Å². The fourth-order valence-electron chi connectivity index (χ4n) is 3.51. The van der Waals surface area contributed by atoms with Gasteiger partial charge in [0.15, 0.2) is 0 Å². The van der Waals surface area contributed by atoms with Crippen molar-refractivity contribution in [2.75, 3.05) is 7.11 Å². The number of nitrogens with zero attached hydrogens (tertiary/aromatic N) is 2. The van der Waals surface area contributed by atoms with Crippen molar-refractivity contribution in [2.24, 2.45) is 0 Å². The van der Waals surface area contributed by atoms with Gasteiger partial charge in [-0.25, -0.2) is 0 Å². The van der Waals surface area contributed by atoms with Crippen molar-refractivity contribution in [1.82, 2.24) is 15.2 Å². The number of amides is 3. The number of methoxy groups -OCH3 is 1. The van der Waals surface area contributed by atoms with Gasteiger partial charge in [0.05, 0.1) is 12.1 Å². The predicted octanol–water partition coefficient (Wildman–Crippen LogP) is 2.17. The van der Waals surface area contributed by atoms with Crippen molar-refractivity contribution >= 4 is 29.3 Å². The average Bonchev–Trinajstić information content (AvgIpc) is 2.97. The molecule has 0 saturated carbocycles. The molecule has 27 heavy (non-hydrogen) atoms. The molecule has 1 atom stereocenters. The number of piperidine rings is 1. The number of carbonyl (C=O) groups excluding carboxylic acids is 3. The summed E-state index contributed by atoms with van der Waals surface area (Å²) in [5, 5.41) is 2.77. The summed E-state index contributed by atoms with van der Waals surface area (Å²) in [4.78, 5) is 42.1. The normalized spacial score (nSPS) is 19.1. The van der Waals surface area contributed by atoms with Gasteiger partial charge >= 0.3 is 0 Å². The number of aromatic nitrogens is 1. The smallest absolute Gasteiger partial charge is 0.255 e. The monoisotopic (exact) mass is 385 g/mol. The minimum Gasteiger partial charge on any atom is -0.494 e. The average molecular weight is 386 g/mol. The predicted molar refractivity (Wildman–Crippen MR) is 97.3 cm³/mol. The third-order valence-corrected chi connectivity index (χ3v) is 5.04. The molecule has 138 valence electrons. The van der Waals surface area contributed by atoms with Gasteiger partial charge in [0, 0.05) is 36.4 Å². The Morgan fingerprint density at radius 2 is 2.07 bits per heavy atom. The molecule has 3 heterocycles. The van der Waals surface area contributed by atoms with E-state index < -0.39 is 11.9 Å². The first-order valence-corrected chi connectivity index (χ1v) is 8.83. The maximum atomic E-state index is 12.7. The number of imide groups is 1. The third kappa shape index (κ3) is 3.04. The molecule has 1 aromatic carbocycles. The Morgan fingerprint density at radius 3 is 2.81 bits per heavy atom. The molecule has 2 aromatic rings. The second kappa shape index (κ2) is 6.66. The summed E-state index contributed by atoms with van der Waals surface area (Å²) >= 11 is 5.97. The number of pyridine rings is 1. The second-order valence-corrected chi connectivity index (χ2v) is 6.91. The number of benzene rings is 1. The van der Waals surface area contributed by atoms with Gasteiger partial charge in [-0.05, 0) is 24.1 Å². The molecule has 1 aromatic heterocycles. The summed E-state index contributed by atoms with van der Waals surface area (Å²) < 4.78 is 5.35. The van der Waals surface area contributed by atoms with E-state index in [0.717, 1.165) is 11.1 Å². The molecule has 8 heteroatoms. The number of fused-ring (bicyclic) bond motifs is 1. The van der Waals surface area contributed by atoms with Crippen LogP contribution < -0.4 is 10.1 Å². The SMILES string of the molecule is COc1cc(Cl)cnc1-c1ccc2c(c1)CN(C1CCC(=O)NC1=O)C2=O. The third-order valence-electron chi connectivity index (χ3n) is 4.84. The number of hydrogen-bond acceptors (Lipinski definition) is 5. The van der Waals surface area contributed by atoms with Crippen LogP contribution in [-0.2, 0) is 16.1 Å². The molecule has 0 spiro atoms.